The summed E-state index contributed by atoms with van der Waals surface area (Å²) in [6, 6.07) is 3.80. The highest BCUT2D eigenvalue weighted by Gasteiger charge is 2.24. The van der Waals surface area contributed by atoms with Gasteiger partial charge in [0, 0.05) is 5.69 Å². The van der Waals surface area contributed by atoms with E-state index in [2.05, 4.69) is 6.92 Å². The lowest BCUT2D eigenvalue weighted by molar-refractivity contribution is 0.0156. The molecule has 0 bridgehead atoms. The summed E-state index contributed by atoms with van der Waals surface area (Å²) in [4.78, 5) is 12.2. The van der Waals surface area contributed by atoms with Crippen LogP contribution in [0.25, 0.3) is 0 Å². The van der Waals surface area contributed by atoms with Crippen molar-refractivity contribution in [3.05, 3.63) is 28.8 Å². The van der Waals surface area contributed by atoms with E-state index in [-0.39, 0.29) is 12.1 Å². The Morgan fingerprint density at radius 3 is 2.74 bits per heavy atom. The summed E-state index contributed by atoms with van der Waals surface area (Å²) in [5.74, 6) is 0.367. The van der Waals surface area contributed by atoms with Gasteiger partial charge in [0.2, 0.25) is 0 Å². The smallest absolute Gasteiger partial charge is 0.340 e. The molecule has 2 rings (SSSR count). The predicted molar refractivity (Wildman–Crippen MR) is 77.2 cm³/mol. The number of nitrogens with two attached hydrogens (primary N) is 1. The number of ether oxygens (including phenoxy) is 1. The number of hydrogen-bond donors (Lipinski definition) is 1. The van der Waals surface area contributed by atoms with Crippen LogP contribution in [-0.2, 0) is 4.74 Å². The minimum atomic E-state index is -0.275. The number of aryl methyl sites for hydroxylation is 2. The number of esters is 1. The molecule has 0 radical (unpaired) electrons. The average molecular weight is 261 g/mol. The van der Waals surface area contributed by atoms with E-state index in [0.717, 1.165) is 30.4 Å². The molecule has 19 heavy (non-hydrogen) atoms. The van der Waals surface area contributed by atoms with Crippen LogP contribution in [0.2, 0.25) is 0 Å². The summed E-state index contributed by atoms with van der Waals surface area (Å²) >= 11 is 0. The summed E-state index contributed by atoms with van der Waals surface area (Å²) < 4.78 is 5.62. The Balaban J connectivity index is 2.11. The van der Waals surface area contributed by atoms with Crippen LogP contribution >= 0.6 is 0 Å². The quantitative estimate of drug-likeness (QED) is 0.653. The molecule has 0 aliphatic heterocycles. The monoisotopic (exact) mass is 261 g/mol. The first-order valence-electron chi connectivity index (χ1n) is 7.05. The van der Waals surface area contributed by atoms with Gasteiger partial charge in [-0.15, -0.1) is 0 Å². The largest absolute Gasteiger partial charge is 0.459 e. The third-order valence-corrected chi connectivity index (χ3v) is 3.91. The van der Waals surface area contributed by atoms with Gasteiger partial charge in [-0.05, 0) is 56.2 Å². The fourth-order valence-corrected chi connectivity index (χ4v) is 2.85. The molecule has 1 aromatic rings. The molecule has 3 nitrogen and oxygen atoms in total. The van der Waals surface area contributed by atoms with Crippen molar-refractivity contribution < 1.29 is 9.53 Å². The highest BCUT2D eigenvalue weighted by atomic mass is 16.5. The molecule has 0 heterocycles. The molecule has 1 saturated carbocycles. The third-order valence-electron chi connectivity index (χ3n) is 3.91. The van der Waals surface area contributed by atoms with E-state index in [0.29, 0.717) is 17.2 Å². The first kappa shape index (κ1) is 13.9. The molecule has 0 saturated heterocycles. The summed E-state index contributed by atoms with van der Waals surface area (Å²) in [6.07, 6.45) is 4.37. The van der Waals surface area contributed by atoms with Crippen molar-refractivity contribution in [3.63, 3.8) is 0 Å². The fourth-order valence-electron chi connectivity index (χ4n) is 2.85. The van der Waals surface area contributed by atoms with Crippen LogP contribution in [0.4, 0.5) is 5.69 Å². The van der Waals surface area contributed by atoms with Gasteiger partial charge < -0.3 is 10.5 Å². The number of hydrogen-bond acceptors (Lipinski definition) is 3. The second kappa shape index (κ2) is 5.64. The van der Waals surface area contributed by atoms with Gasteiger partial charge in [-0.2, -0.15) is 0 Å². The normalized spacial score (nSPS) is 23.1. The zero-order valence-electron chi connectivity index (χ0n) is 12.0. The van der Waals surface area contributed by atoms with Crippen molar-refractivity contribution in [2.45, 2.75) is 52.6 Å². The molecule has 104 valence electrons. The van der Waals surface area contributed by atoms with Crippen molar-refractivity contribution in [1.82, 2.24) is 0 Å². The van der Waals surface area contributed by atoms with Crippen LogP contribution in [0.15, 0.2) is 12.1 Å². The van der Waals surface area contributed by atoms with E-state index in [4.69, 9.17) is 10.5 Å². The summed E-state index contributed by atoms with van der Waals surface area (Å²) in [6.45, 7) is 6.10. The number of anilines is 1. The maximum absolute atomic E-state index is 12.2. The molecule has 0 amide bonds. The second-order valence-electron chi connectivity index (χ2n) is 5.84. The lowest BCUT2D eigenvalue weighted by Gasteiger charge is -2.26. The Hall–Kier alpha value is -1.51. The first-order chi connectivity index (χ1) is 8.97. The van der Waals surface area contributed by atoms with Gasteiger partial charge in [-0.1, -0.05) is 19.4 Å². The second-order valence-corrected chi connectivity index (χ2v) is 5.84. The van der Waals surface area contributed by atoms with Crippen molar-refractivity contribution in [3.8, 4) is 0 Å². The van der Waals surface area contributed by atoms with Gasteiger partial charge in [-0.25, -0.2) is 4.79 Å². The summed E-state index contributed by atoms with van der Waals surface area (Å²) in [5.41, 5.74) is 9.01. The third kappa shape index (κ3) is 3.28. The summed E-state index contributed by atoms with van der Waals surface area (Å²) in [5, 5.41) is 0. The zero-order chi connectivity index (χ0) is 14.0. The van der Waals surface area contributed by atoms with Gasteiger partial charge in [0.15, 0.2) is 0 Å². The lowest BCUT2D eigenvalue weighted by atomic mass is 9.88. The number of benzene rings is 1. The lowest BCUT2D eigenvalue weighted by Crippen LogP contribution is -2.25. The van der Waals surface area contributed by atoms with Gasteiger partial charge in [-0.3, -0.25) is 0 Å². The number of carbonyl (C=O) groups excluding carboxylic acids is 1. The Morgan fingerprint density at radius 1 is 1.32 bits per heavy atom. The van der Waals surface area contributed by atoms with E-state index < -0.39 is 0 Å². The minimum Gasteiger partial charge on any atom is -0.459 e. The van der Waals surface area contributed by atoms with Crippen LogP contribution in [0.5, 0.6) is 0 Å². The van der Waals surface area contributed by atoms with Gasteiger partial charge in [0.1, 0.15) is 6.10 Å². The molecule has 2 unspecified atom stereocenters. The molecule has 1 aromatic carbocycles. The van der Waals surface area contributed by atoms with Crippen molar-refractivity contribution >= 4 is 11.7 Å². The molecule has 2 atom stereocenters. The Bertz CT molecular complexity index is 482. The SMILES string of the molecule is Cc1cc(C)c(N)c(C(=O)OC2CCCC(C)C2)c1. The topological polar surface area (TPSA) is 52.3 Å². The molecule has 0 aromatic heterocycles. The van der Waals surface area contributed by atoms with E-state index >= 15 is 0 Å². The maximum Gasteiger partial charge on any atom is 0.340 e. The Morgan fingerprint density at radius 2 is 2.05 bits per heavy atom. The van der Waals surface area contributed by atoms with Crippen molar-refractivity contribution in [2.75, 3.05) is 5.73 Å². The van der Waals surface area contributed by atoms with E-state index in [1.807, 2.05) is 26.0 Å². The first-order valence-corrected chi connectivity index (χ1v) is 7.05. The highest BCUT2D eigenvalue weighted by molar-refractivity contribution is 5.96. The molecule has 1 fully saturated rings. The van der Waals surface area contributed by atoms with Crippen LogP contribution < -0.4 is 5.73 Å². The highest BCUT2D eigenvalue weighted by Crippen LogP contribution is 2.27. The minimum absolute atomic E-state index is 0.0523. The predicted octanol–water partition coefficient (Wildman–Crippen LogP) is 3.62. The molecule has 3 heteroatoms. The van der Waals surface area contributed by atoms with Gasteiger partial charge >= 0.3 is 5.97 Å². The van der Waals surface area contributed by atoms with Crippen LogP contribution in [0.3, 0.4) is 0 Å². The van der Waals surface area contributed by atoms with Crippen molar-refractivity contribution in [1.29, 1.82) is 0 Å². The fraction of sp³-hybridized carbons (Fsp3) is 0.562. The van der Waals surface area contributed by atoms with E-state index in [1.165, 1.54) is 6.42 Å². The van der Waals surface area contributed by atoms with Crippen LogP contribution in [0.1, 0.15) is 54.1 Å². The maximum atomic E-state index is 12.2. The summed E-state index contributed by atoms with van der Waals surface area (Å²) in [7, 11) is 0. The Kier molecular flexibility index (Phi) is 4.13. The van der Waals surface area contributed by atoms with E-state index in [1.54, 1.807) is 0 Å². The zero-order valence-corrected chi connectivity index (χ0v) is 12.0. The van der Waals surface area contributed by atoms with Crippen molar-refractivity contribution in [2.24, 2.45) is 5.92 Å². The van der Waals surface area contributed by atoms with E-state index in [9.17, 15) is 4.79 Å². The van der Waals surface area contributed by atoms with Crippen LogP contribution in [-0.4, -0.2) is 12.1 Å². The van der Waals surface area contributed by atoms with Crippen LogP contribution in [0, 0.1) is 19.8 Å². The number of rotatable bonds is 2. The molecular weight excluding hydrogens is 238 g/mol. The van der Waals surface area contributed by atoms with Gasteiger partial charge in [0.05, 0.1) is 5.56 Å². The Labute approximate surface area is 115 Å². The molecule has 1 aliphatic rings. The number of carbonyl (C=O) groups is 1. The molecular formula is C16H23NO2. The molecule has 0 spiro atoms. The standard InChI is InChI=1S/C16H23NO2/c1-10-5-4-6-13(8-10)19-16(18)14-9-11(2)7-12(3)15(14)17/h7,9-10,13H,4-6,8,17H2,1-3H3. The molecule has 1 aliphatic carbocycles. The molecule has 2 N–H and O–H groups in total. The van der Waals surface area contributed by atoms with Gasteiger partial charge in [0.25, 0.3) is 0 Å². The number of nitrogen functional groups attached to an aromatic ring is 1. The average Bonchev–Trinajstić information content (AvgIpc) is 2.33.